The maximum Gasteiger partial charge on any atom is 0.341 e. The number of aryl methyl sites for hydroxylation is 4. The van der Waals surface area contributed by atoms with Crippen LogP contribution >= 0.6 is 11.6 Å². The number of nitrogens with zero attached hydrogens (tertiary/aromatic N) is 2. The molecule has 3 rings (SSSR count). The van der Waals surface area contributed by atoms with Gasteiger partial charge in [0.1, 0.15) is 4.90 Å². The van der Waals surface area contributed by atoms with Crippen molar-refractivity contribution in [2.75, 3.05) is 0 Å². The number of aromatic nitrogens is 2. The average Bonchev–Trinajstić information content (AvgIpc) is 2.96. The highest BCUT2D eigenvalue weighted by atomic mass is 35.5. The summed E-state index contributed by atoms with van der Waals surface area (Å²) >= 11 is 5.97. The topological polar surface area (TPSA) is 61.2 Å². The zero-order valence-corrected chi connectivity index (χ0v) is 17.9. The second kappa shape index (κ2) is 7.97. The van der Waals surface area contributed by atoms with Crippen LogP contribution in [0, 0.1) is 20.8 Å². The first-order valence-corrected chi connectivity index (χ1v) is 10.9. The molecule has 0 amide bonds. The Bertz CT molecular complexity index is 1080. The van der Waals surface area contributed by atoms with E-state index in [4.69, 9.17) is 15.8 Å². The van der Waals surface area contributed by atoms with Gasteiger partial charge in [-0.25, -0.2) is 0 Å². The highest BCUT2D eigenvalue weighted by Crippen LogP contribution is 2.28. The fraction of sp³-hybridized carbons (Fsp3) is 0.286. The van der Waals surface area contributed by atoms with Crippen LogP contribution in [0.4, 0.5) is 0 Å². The highest BCUT2D eigenvalue weighted by Gasteiger charge is 2.25. The van der Waals surface area contributed by atoms with Crippen LogP contribution in [0.3, 0.4) is 0 Å². The molecule has 7 heteroatoms. The molecule has 3 aromatic rings. The molecule has 5 nitrogen and oxygen atoms in total. The van der Waals surface area contributed by atoms with Crippen LogP contribution in [0.1, 0.15) is 35.7 Å². The maximum atomic E-state index is 13.1. The first-order chi connectivity index (χ1) is 13.2. The predicted octanol–water partition coefficient (Wildman–Crippen LogP) is 5.17. The largest absolute Gasteiger partial charge is 0.358 e. The average molecular weight is 419 g/mol. The summed E-state index contributed by atoms with van der Waals surface area (Å²) in [6.07, 6.45) is 1.61. The molecule has 1 heterocycles. The van der Waals surface area contributed by atoms with E-state index in [0.29, 0.717) is 21.8 Å². The van der Waals surface area contributed by atoms with Crippen molar-refractivity contribution in [3.8, 4) is 11.6 Å². The zero-order valence-electron chi connectivity index (χ0n) is 16.4. The number of hydrogen-bond donors (Lipinski definition) is 0. The molecule has 0 N–H and O–H groups in total. The number of benzene rings is 2. The number of rotatable bonds is 6. The van der Waals surface area contributed by atoms with Crippen molar-refractivity contribution in [1.82, 2.24) is 9.78 Å². The SMILES string of the molecule is CCCc1cc(OS(=O)(=O)c2c(C)cc(C)cc2C)n(-c2ccc(Cl)cc2)n1. The summed E-state index contributed by atoms with van der Waals surface area (Å²) in [7, 11) is -4.02. The lowest BCUT2D eigenvalue weighted by Gasteiger charge is -2.13. The van der Waals surface area contributed by atoms with Crippen LogP contribution in [0.2, 0.25) is 5.02 Å². The van der Waals surface area contributed by atoms with Crippen molar-refractivity contribution in [2.45, 2.75) is 45.4 Å². The van der Waals surface area contributed by atoms with Gasteiger partial charge in [-0.1, -0.05) is 42.6 Å². The Morgan fingerprint density at radius 2 is 1.64 bits per heavy atom. The smallest absolute Gasteiger partial charge is 0.341 e. The van der Waals surface area contributed by atoms with Crippen molar-refractivity contribution in [1.29, 1.82) is 0 Å². The maximum absolute atomic E-state index is 13.1. The Labute approximate surface area is 171 Å². The Morgan fingerprint density at radius 1 is 1.04 bits per heavy atom. The number of hydrogen-bond acceptors (Lipinski definition) is 4. The van der Waals surface area contributed by atoms with Gasteiger partial charge in [0.15, 0.2) is 0 Å². The van der Waals surface area contributed by atoms with E-state index in [-0.39, 0.29) is 10.8 Å². The Hall–Kier alpha value is -2.31. The lowest BCUT2D eigenvalue weighted by Crippen LogP contribution is -2.15. The minimum absolute atomic E-state index is 0.158. The van der Waals surface area contributed by atoms with Gasteiger partial charge >= 0.3 is 10.1 Å². The highest BCUT2D eigenvalue weighted by molar-refractivity contribution is 7.87. The van der Waals surface area contributed by atoms with E-state index < -0.39 is 10.1 Å². The van der Waals surface area contributed by atoms with Gasteiger partial charge in [-0.05, 0) is 62.6 Å². The summed E-state index contributed by atoms with van der Waals surface area (Å²) in [4.78, 5) is 0.194. The van der Waals surface area contributed by atoms with E-state index in [9.17, 15) is 8.42 Å². The van der Waals surface area contributed by atoms with Crippen LogP contribution in [-0.4, -0.2) is 18.2 Å². The summed E-state index contributed by atoms with van der Waals surface area (Å²) < 4.78 is 33.2. The van der Waals surface area contributed by atoms with Crippen molar-refractivity contribution in [3.05, 3.63) is 69.9 Å². The molecule has 2 aromatic carbocycles. The molecule has 0 unspecified atom stereocenters. The fourth-order valence-electron chi connectivity index (χ4n) is 3.33. The van der Waals surface area contributed by atoms with E-state index in [1.807, 2.05) is 26.0 Å². The molecule has 0 radical (unpaired) electrons. The summed E-state index contributed by atoms with van der Waals surface area (Å²) in [5, 5.41) is 5.11. The van der Waals surface area contributed by atoms with Gasteiger partial charge < -0.3 is 4.18 Å². The number of halogens is 1. The lowest BCUT2D eigenvalue weighted by atomic mass is 10.1. The van der Waals surface area contributed by atoms with E-state index >= 15 is 0 Å². The van der Waals surface area contributed by atoms with Crippen LogP contribution in [0.5, 0.6) is 5.88 Å². The standard InChI is InChI=1S/C21H23ClN2O3S/c1-5-6-18-13-20(24(23-18)19-9-7-17(22)8-10-19)27-28(25,26)21-15(3)11-14(2)12-16(21)4/h7-13H,5-6H2,1-4H3. The van der Waals surface area contributed by atoms with Crippen LogP contribution in [-0.2, 0) is 16.5 Å². The van der Waals surface area contributed by atoms with E-state index in [1.165, 1.54) is 4.68 Å². The molecule has 1 aromatic heterocycles. The molecule has 0 saturated heterocycles. The summed E-state index contributed by atoms with van der Waals surface area (Å²) in [6.45, 7) is 7.52. The quantitative estimate of drug-likeness (QED) is 0.518. The molecule has 148 valence electrons. The van der Waals surface area contributed by atoms with Gasteiger partial charge in [-0.3, -0.25) is 0 Å². The van der Waals surface area contributed by atoms with Crippen molar-refractivity contribution in [2.24, 2.45) is 0 Å². The lowest BCUT2D eigenvalue weighted by molar-refractivity contribution is 0.464. The molecular weight excluding hydrogens is 396 g/mol. The molecular formula is C21H23ClN2O3S. The molecule has 0 aliphatic rings. The Balaban J connectivity index is 2.07. The molecule has 0 aliphatic carbocycles. The molecule has 0 spiro atoms. The predicted molar refractivity (Wildman–Crippen MR) is 111 cm³/mol. The van der Waals surface area contributed by atoms with Crippen LogP contribution < -0.4 is 4.18 Å². The molecule has 0 bridgehead atoms. The second-order valence-electron chi connectivity index (χ2n) is 6.88. The van der Waals surface area contributed by atoms with Crippen LogP contribution in [0.15, 0.2) is 47.4 Å². The van der Waals surface area contributed by atoms with Gasteiger partial charge in [-0.15, -0.1) is 0 Å². The normalized spacial score (nSPS) is 11.6. The minimum atomic E-state index is -4.02. The van der Waals surface area contributed by atoms with Gasteiger partial charge in [0, 0.05) is 11.1 Å². The molecule has 28 heavy (non-hydrogen) atoms. The van der Waals surface area contributed by atoms with Crippen molar-refractivity contribution in [3.63, 3.8) is 0 Å². The third kappa shape index (κ3) is 4.23. The summed E-state index contributed by atoms with van der Waals surface area (Å²) in [5.74, 6) is 0.158. The van der Waals surface area contributed by atoms with E-state index in [2.05, 4.69) is 5.10 Å². The van der Waals surface area contributed by atoms with Gasteiger partial charge in [0.2, 0.25) is 5.88 Å². The first kappa shape index (κ1) is 20.4. The molecule has 0 fully saturated rings. The van der Waals surface area contributed by atoms with Crippen LogP contribution in [0.25, 0.3) is 5.69 Å². The summed E-state index contributed by atoms with van der Waals surface area (Å²) in [5.41, 5.74) is 3.76. The Morgan fingerprint density at radius 3 is 2.21 bits per heavy atom. The van der Waals surface area contributed by atoms with E-state index in [1.54, 1.807) is 44.2 Å². The van der Waals surface area contributed by atoms with Gasteiger partial charge in [-0.2, -0.15) is 18.2 Å². The molecule has 0 atom stereocenters. The first-order valence-electron chi connectivity index (χ1n) is 9.08. The third-order valence-corrected chi connectivity index (χ3v) is 6.14. The minimum Gasteiger partial charge on any atom is -0.358 e. The molecule has 0 saturated carbocycles. The van der Waals surface area contributed by atoms with Crippen molar-refractivity contribution < 1.29 is 12.6 Å². The summed E-state index contributed by atoms with van der Waals surface area (Å²) in [6, 6.07) is 12.3. The monoisotopic (exact) mass is 418 g/mol. The molecule has 0 aliphatic heterocycles. The zero-order chi connectivity index (χ0) is 20.5. The third-order valence-electron chi connectivity index (χ3n) is 4.35. The fourth-order valence-corrected chi connectivity index (χ4v) is 4.79. The van der Waals surface area contributed by atoms with E-state index in [0.717, 1.165) is 24.1 Å². The van der Waals surface area contributed by atoms with Crippen molar-refractivity contribution >= 4 is 21.7 Å². The second-order valence-corrected chi connectivity index (χ2v) is 8.80. The Kier molecular flexibility index (Phi) is 5.82. The van der Waals surface area contributed by atoms with Gasteiger partial charge in [0.05, 0.1) is 11.4 Å². The van der Waals surface area contributed by atoms with Gasteiger partial charge in [0.25, 0.3) is 0 Å².